The first kappa shape index (κ1) is 29.3. The topological polar surface area (TPSA) is 45.6 Å². The molecule has 1 aromatic carbocycles. The first-order valence-corrected chi connectivity index (χ1v) is 12.4. The molecule has 37 heavy (non-hydrogen) atoms. The van der Waals surface area contributed by atoms with Crippen LogP contribution in [0.5, 0.6) is 5.88 Å². The number of hydrogen-bond donors (Lipinski definition) is 1. The zero-order chi connectivity index (χ0) is 27.9. The molecule has 1 aliphatic rings. The highest BCUT2D eigenvalue weighted by atomic mass is 79.9. The number of ether oxygens (including phenoxy) is 1. The van der Waals surface area contributed by atoms with Crippen molar-refractivity contribution in [3.05, 3.63) is 62.9 Å². The van der Waals surface area contributed by atoms with Gasteiger partial charge in [0.1, 0.15) is 0 Å². The van der Waals surface area contributed by atoms with Crippen molar-refractivity contribution in [2.75, 3.05) is 14.2 Å². The summed E-state index contributed by atoms with van der Waals surface area (Å²) in [5.74, 6) is 0.393. The van der Waals surface area contributed by atoms with Crippen molar-refractivity contribution in [1.82, 2.24) is 9.88 Å². The third kappa shape index (κ3) is 6.60. The van der Waals surface area contributed by atoms with Crippen molar-refractivity contribution >= 4 is 21.5 Å². The monoisotopic (exact) mass is 594 g/mol. The number of rotatable bonds is 6. The number of hydrogen-bond acceptors (Lipinski definition) is 4. The Morgan fingerprint density at radius 2 is 1.62 bits per heavy atom. The molecule has 0 aliphatic heterocycles. The molecule has 1 aromatic heterocycles. The van der Waals surface area contributed by atoms with Crippen LogP contribution in [0.15, 0.2) is 40.6 Å². The first-order chi connectivity index (χ1) is 16.9. The molecule has 1 heterocycles. The third-order valence-corrected chi connectivity index (χ3v) is 7.26. The maximum absolute atomic E-state index is 13.4. The molecule has 2 aromatic rings. The number of aliphatic hydroxyl groups is 1. The molecule has 1 aliphatic carbocycles. The Bertz CT molecular complexity index is 1140. The van der Waals surface area contributed by atoms with Crippen LogP contribution in [-0.4, -0.2) is 35.2 Å². The molecular formula is C26H29BrF6N2O2. The summed E-state index contributed by atoms with van der Waals surface area (Å²) in [6.45, 7) is 5.73. The maximum Gasteiger partial charge on any atom is 0.416 e. The molecule has 0 saturated carbocycles. The van der Waals surface area contributed by atoms with Gasteiger partial charge >= 0.3 is 12.4 Å². The Hall–Kier alpha value is -2.27. The van der Waals surface area contributed by atoms with Gasteiger partial charge in [-0.2, -0.15) is 26.3 Å². The number of aromatic nitrogens is 1. The molecular weight excluding hydrogens is 566 g/mol. The molecule has 3 rings (SSSR count). The van der Waals surface area contributed by atoms with Crippen LogP contribution in [0.2, 0.25) is 0 Å². The molecule has 4 nitrogen and oxygen atoms in total. The van der Waals surface area contributed by atoms with Gasteiger partial charge in [0.05, 0.1) is 30.4 Å². The molecule has 0 amide bonds. The van der Waals surface area contributed by atoms with Crippen LogP contribution in [0.4, 0.5) is 26.3 Å². The Morgan fingerprint density at radius 1 is 1.05 bits per heavy atom. The number of aliphatic hydroxyl groups excluding tert-OH is 1. The molecule has 204 valence electrons. The predicted molar refractivity (Wildman–Crippen MR) is 132 cm³/mol. The van der Waals surface area contributed by atoms with Crippen LogP contribution in [0.1, 0.15) is 68.4 Å². The van der Waals surface area contributed by atoms with Crippen molar-refractivity contribution in [2.45, 2.75) is 64.5 Å². The highest BCUT2D eigenvalue weighted by molar-refractivity contribution is 9.10. The lowest BCUT2D eigenvalue weighted by Crippen LogP contribution is -2.37. The lowest BCUT2D eigenvalue weighted by molar-refractivity contribution is -0.143. The Labute approximate surface area is 220 Å². The summed E-state index contributed by atoms with van der Waals surface area (Å²) < 4.78 is 86.5. The molecule has 0 unspecified atom stereocenters. The summed E-state index contributed by atoms with van der Waals surface area (Å²) in [4.78, 5) is 6.04. The molecule has 0 fully saturated rings. The van der Waals surface area contributed by atoms with E-state index in [0.717, 1.165) is 27.7 Å². The zero-order valence-corrected chi connectivity index (χ0v) is 22.6. The van der Waals surface area contributed by atoms with Crippen molar-refractivity contribution in [3.63, 3.8) is 0 Å². The predicted octanol–water partition coefficient (Wildman–Crippen LogP) is 7.87. The Balaban J connectivity index is 2.09. The zero-order valence-electron chi connectivity index (χ0n) is 21.1. The van der Waals surface area contributed by atoms with E-state index in [1.807, 2.05) is 6.07 Å². The summed E-state index contributed by atoms with van der Waals surface area (Å²) in [5.41, 5.74) is -1.07. The lowest BCUT2D eigenvalue weighted by Gasteiger charge is -2.41. The number of benzene rings is 1. The second-order valence-electron chi connectivity index (χ2n) is 10.1. The number of allylic oxidation sites excluding steroid dienone is 2. The first-order valence-electron chi connectivity index (χ1n) is 11.6. The van der Waals surface area contributed by atoms with Crippen molar-refractivity contribution in [2.24, 2.45) is 5.41 Å². The summed E-state index contributed by atoms with van der Waals surface area (Å²) in [7, 11) is 3.18. The Morgan fingerprint density at radius 3 is 2.14 bits per heavy atom. The minimum atomic E-state index is -5.00. The highest BCUT2D eigenvalue weighted by Gasteiger charge is 2.39. The van der Waals surface area contributed by atoms with Crippen molar-refractivity contribution in [3.8, 4) is 5.88 Å². The second kappa shape index (κ2) is 10.5. The van der Waals surface area contributed by atoms with Crippen LogP contribution >= 0.6 is 15.9 Å². The molecule has 1 N–H and O–H groups in total. The number of alkyl halides is 6. The van der Waals surface area contributed by atoms with Gasteiger partial charge in [-0.15, -0.1) is 0 Å². The molecule has 0 bridgehead atoms. The highest BCUT2D eigenvalue weighted by Crippen LogP contribution is 2.46. The standard InChI is InChI=1S/C26H29BrF6N2O2/c1-14(22(36)15-8-16(25(28,29)30)10-17(9-15)26(31,32)33)35(4)21-12-24(2,3)7-6-19(21)20-11-18(27)13-34-23(20)37-5/h8-11,13-14,22,36H,6-7,12H2,1-5H3/t14-,22-/m0/s1. The van der Waals surface area contributed by atoms with Gasteiger partial charge in [-0.3, -0.25) is 0 Å². The number of likely N-dealkylation sites (N-methyl/N-ethyl adjacent to an activating group) is 1. The summed E-state index contributed by atoms with van der Waals surface area (Å²) in [6, 6.07) is 2.21. The van der Waals surface area contributed by atoms with Crippen molar-refractivity contribution in [1.29, 1.82) is 0 Å². The fraction of sp³-hybridized carbons (Fsp3) is 0.500. The van der Waals surface area contributed by atoms with Crippen LogP contribution in [0, 0.1) is 5.41 Å². The molecule has 0 spiro atoms. The van der Waals surface area contributed by atoms with E-state index in [-0.39, 0.29) is 11.5 Å². The summed E-state index contributed by atoms with van der Waals surface area (Å²) in [5, 5.41) is 11.1. The average molecular weight is 595 g/mol. The van der Waals surface area contributed by atoms with E-state index in [2.05, 4.69) is 34.8 Å². The smallest absolute Gasteiger partial charge is 0.416 e. The summed E-state index contributed by atoms with van der Waals surface area (Å²) >= 11 is 3.42. The fourth-order valence-corrected chi connectivity index (χ4v) is 4.91. The van der Waals surface area contributed by atoms with Gasteiger partial charge in [0.25, 0.3) is 0 Å². The van der Waals surface area contributed by atoms with E-state index in [1.54, 1.807) is 25.1 Å². The molecule has 0 radical (unpaired) electrons. The molecule has 0 saturated heterocycles. The van der Waals surface area contributed by atoms with Gasteiger partial charge < -0.3 is 14.7 Å². The number of halogens is 7. The summed E-state index contributed by atoms with van der Waals surface area (Å²) in [6.07, 6.45) is -7.98. The van der Waals surface area contributed by atoms with E-state index in [1.165, 1.54) is 7.11 Å². The van der Waals surface area contributed by atoms with E-state index < -0.39 is 41.2 Å². The van der Waals surface area contributed by atoms with Gasteiger partial charge in [0, 0.05) is 29.0 Å². The van der Waals surface area contributed by atoms with Gasteiger partial charge in [0.15, 0.2) is 0 Å². The van der Waals surface area contributed by atoms with Crippen LogP contribution < -0.4 is 4.74 Å². The van der Waals surface area contributed by atoms with E-state index >= 15 is 0 Å². The van der Waals surface area contributed by atoms with Crippen molar-refractivity contribution < 1.29 is 36.2 Å². The normalized spacial score (nSPS) is 18.0. The minimum Gasteiger partial charge on any atom is -0.481 e. The average Bonchev–Trinajstić information content (AvgIpc) is 2.80. The van der Waals surface area contributed by atoms with E-state index in [4.69, 9.17) is 4.74 Å². The van der Waals surface area contributed by atoms with Gasteiger partial charge in [-0.1, -0.05) is 13.8 Å². The second-order valence-corrected chi connectivity index (χ2v) is 11.0. The lowest BCUT2D eigenvalue weighted by atomic mass is 9.74. The van der Waals surface area contributed by atoms with Crippen LogP contribution in [-0.2, 0) is 12.4 Å². The quantitative estimate of drug-likeness (QED) is 0.346. The van der Waals surface area contributed by atoms with Crippen LogP contribution in [0.3, 0.4) is 0 Å². The minimum absolute atomic E-state index is 0.0570. The fourth-order valence-electron chi connectivity index (χ4n) is 4.58. The molecule has 2 atom stereocenters. The van der Waals surface area contributed by atoms with Gasteiger partial charge in [0.2, 0.25) is 5.88 Å². The Kier molecular flexibility index (Phi) is 8.29. The van der Waals surface area contributed by atoms with Gasteiger partial charge in [-0.05, 0) is 82.9 Å². The van der Waals surface area contributed by atoms with Crippen LogP contribution in [0.25, 0.3) is 5.57 Å². The number of nitrogens with zero attached hydrogens (tertiary/aromatic N) is 2. The van der Waals surface area contributed by atoms with E-state index in [9.17, 15) is 31.4 Å². The van der Waals surface area contributed by atoms with Gasteiger partial charge in [-0.25, -0.2) is 4.98 Å². The van der Waals surface area contributed by atoms with E-state index in [0.29, 0.717) is 30.9 Å². The molecule has 11 heteroatoms. The largest absolute Gasteiger partial charge is 0.481 e. The number of methoxy groups -OCH3 is 1. The SMILES string of the molecule is COc1ncc(Br)cc1C1=C(N(C)[C@@H](C)[C@H](O)c2cc(C(F)(F)F)cc(C(F)(F)F)c2)CC(C)(C)CC1. The number of pyridine rings is 1. The third-order valence-electron chi connectivity index (χ3n) is 6.83. The maximum atomic E-state index is 13.4.